The normalized spacial score (nSPS) is 20.7. The fraction of sp³-hybridized carbons (Fsp3) is 0.538. The van der Waals surface area contributed by atoms with Gasteiger partial charge in [-0.2, -0.15) is 11.8 Å². The van der Waals surface area contributed by atoms with E-state index in [1.165, 1.54) is 30.6 Å². The molecule has 1 aromatic carbocycles. The molecule has 2 nitrogen and oxygen atoms in total. The summed E-state index contributed by atoms with van der Waals surface area (Å²) in [6.45, 7) is 3.15. The molecule has 1 atom stereocenters. The first-order valence-corrected chi connectivity index (χ1v) is 7.03. The summed E-state index contributed by atoms with van der Waals surface area (Å²) in [4.78, 5) is 0. The molecule has 0 aromatic heterocycles. The van der Waals surface area contributed by atoms with E-state index in [1.807, 2.05) is 12.1 Å². The highest BCUT2D eigenvalue weighted by atomic mass is 32.2. The van der Waals surface area contributed by atoms with Crippen LogP contribution in [0.3, 0.4) is 0 Å². The molecule has 0 radical (unpaired) electrons. The van der Waals surface area contributed by atoms with E-state index in [4.69, 9.17) is 5.73 Å². The molecule has 1 aromatic rings. The van der Waals surface area contributed by atoms with Crippen molar-refractivity contribution in [2.24, 2.45) is 0 Å². The Hall–Kier alpha value is -0.830. The smallest absolute Gasteiger partial charge is 0.0603 e. The van der Waals surface area contributed by atoms with Crippen molar-refractivity contribution in [1.82, 2.24) is 0 Å². The summed E-state index contributed by atoms with van der Waals surface area (Å²) >= 11 is 2.09. The summed E-state index contributed by atoms with van der Waals surface area (Å²) < 4.78 is 0. The first kappa shape index (κ1) is 11.6. The molecule has 1 fully saturated rings. The second-order valence-electron chi connectivity index (χ2n) is 4.41. The Morgan fingerprint density at radius 3 is 3.00 bits per heavy atom. The van der Waals surface area contributed by atoms with Gasteiger partial charge in [0.1, 0.15) is 0 Å². The average molecular weight is 236 g/mol. The number of nitrogens with one attached hydrogen (secondary N) is 1. The van der Waals surface area contributed by atoms with Crippen LogP contribution in [0.4, 0.5) is 11.4 Å². The predicted molar refractivity (Wildman–Crippen MR) is 74.2 cm³/mol. The average Bonchev–Trinajstić information content (AvgIpc) is 2.30. The van der Waals surface area contributed by atoms with Crippen molar-refractivity contribution in [2.75, 3.05) is 23.3 Å². The molecule has 1 aliphatic rings. The molecule has 2 rings (SSSR count). The van der Waals surface area contributed by atoms with Crippen LogP contribution < -0.4 is 11.1 Å². The molecule has 1 unspecified atom stereocenters. The molecule has 0 spiro atoms. The molecule has 1 heterocycles. The number of benzene rings is 1. The Kier molecular flexibility index (Phi) is 3.99. The highest BCUT2D eigenvalue weighted by Gasteiger charge is 2.14. The number of nitrogens with two attached hydrogens (primary N) is 1. The van der Waals surface area contributed by atoms with E-state index in [1.54, 1.807) is 0 Å². The van der Waals surface area contributed by atoms with Crippen LogP contribution in [0, 0.1) is 6.92 Å². The predicted octanol–water partition coefficient (Wildman–Crippen LogP) is 3.27. The lowest BCUT2D eigenvalue weighted by Gasteiger charge is -2.23. The lowest BCUT2D eigenvalue weighted by atomic mass is 10.1. The third kappa shape index (κ3) is 2.85. The summed E-state index contributed by atoms with van der Waals surface area (Å²) in [7, 11) is 0. The number of hydrogen-bond acceptors (Lipinski definition) is 3. The number of hydrogen-bond donors (Lipinski definition) is 2. The number of rotatable bonds is 3. The Bertz CT molecular complexity index is 326. The van der Waals surface area contributed by atoms with Crippen LogP contribution in [0.5, 0.6) is 0 Å². The van der Waals surface area contributed by atoms with Crippen LogP contribution >= 0.6 is 11.8 Å². The van der Waals surface area contributed by atoms with Gasteiger partial charge in [-0.25, -0.2) is 0 Å². The zero-order chi connectivity index (χ0) is 11.4. The van der Waals surface area contributed by atoms with E-state index in [2.05, 4.69) is 30.1 Å². The van der Waals surface area contributed by atoms with Gasteiger partial charge in [-0.3, -0.25) is 0 Å². The summed E-state index contributed by atoms with van der Waals surface area (Å²) in [5, 5.41) is 4.26. The van der Waals surface area contributed by atoms with Gasteiger partial charge >= 0.3 is 0 Å². The minimum atomic E-state index is 0.757. The molecule has 16 heavy (non-hydrogen) atoms. The van der Waals surface area contributed by atoms with Gasteiger partial charge in [-0.1, -0.05) is 18.6 Å². The highest BCUT2D eigenvalue weighted by molar-refractivity contribution is 7.99. The molecular weight excluding hydrogens is 216 g/mol. The molecule has 0 amide bonds. The lowest BCUT2D eigenvalue weighted by molar-refractivity contribution is 0.677. The zero-order valence-corrected chi connectivity index (χ0v) is 10.6. The minimum absolute atomic E-state index is 0.757. The van der Waals surface area contributed by atoms with Gasteiger partial charge < -0.3 is 11.1 Å². The van der Waals surface area contributed by atoms with E-state index < -0.39 is 0 Å². The van der Waals surface area contributed by atoms with Crippen LogP contribution in [-0.2, 0) is 0 Å². The molecule has 0 aliphatic carbocycles. The van der Waals surface area contributed by atoms with Gasteiger partial charge in [0.2, 0.25) is 0 Å². The Labute approximate surface area is 102 Å². The molecular formula is C13H20N2S. The fourth-order valence-corrected chi connectivity index (χ4v) is 3.35. The third-order valence-corrected chi connectivity index (χ3v) is 4.48. The van der Waals surface area contributed by atoms with Crippen molar-refractivity contribution >= 4 is 23.1 Å². The van der Waals surface area contributed by atoms with E-state index >= 15 is 0 Å². The van der Waals surface area contributed by atoms with Crippen molar-refractivity contribution in [2.45, 2.75) is 31.4 Å². The quantitative estimate of drug-likeness (QED) is 0.791. The number of thioether (sulfide) groups is 1. The molecule has 0 bridgehead atoms. The van der Waals surface area contributed by atoms with Crippen molar-refractivity contribution in [3.05, 3.63) is 23.8 Å². The largest absolute Gasteiger partial charge is 0.397 e. The maximum atomic E-state index is 5.97. The Morgan fingerprint density at radius 1 is 1.44 bits per heavy atom. The lowest BCUT2D eigenvalue weighted by Crippen LogP contribution is -2.20. The first-order chi connectivity index (χ1) is 7.77. The zero-order valence-electron chi connectivity index (χ0n) is 9.83. The fourth-order valence-electron chi connectivity index (χ4n) is 2.12. The van der Waals surface area contributed by atoms with E-state index in [9.17, 15) is 0 Å². The van der Waals surface area contributed by atoms with Crippen LogP contribution in [0.2, 0.25) is 0 Å². The van der Waals surface area contributed by atoms with Gasteiger partial charge in [0, 0.05) is 11.8 Å². The van der Waals surface area contributed by atoms with Gasteiger partial charge in [-0.15, -0.1) is 0 Å². The topological polar surface area (TPSA) is 38.0 Å². The number of para-hydroxylation sites is 1. The van der Waals surface area contributed by atoms with Gasteiger partial charge in [0.05, 0.1) is 11.4 Å². The van der Waals surface area contributed by atoms with Crippen LogP contribution in [0.15, 0.2) is 18.2 Å². The molecule has 0 saturated carbocycles. The maximum absolute atomic E-state index is 5.97. The van der Waals surface area contributed by atoms with E-state index in [0.29, 0.717) is 0 Å². The van der Waals surface area contributed by atoms with Crippen molar-refractivity contribution in [1.29, 1.82) is 0 Å². The van der Waals surface area contributed by atoms with Gasteiger partial charge in [-0.05, 0) is 37.1 Å². The second kappa shape index (κ2) is 5.48. The summed E-state index contributed by atoms with van der Waals surface area (Å²) in [5.74, 6) is 1.32. The summed E-state index contributed by atoms with van der Waals surface area (Å²) in [6, 6.07) is 6.07. The number of nitrogen functional groups attached to an aromatic ring is 1. The van der Waals surface area contributed by atoms with Crippen LogP contribution in [0.1, 0.15) is 24.8 Å². The summed E-state index contributed by atoms with van der Waals surface area (Å²) in [5.41, 5.74) is 9.19. The third-order valence-electron chi connectivity index (χ3n) is 3.09. The van der Waals surface area contributed by atoms with Crippen molar-refractivity contribution < 1.29 is 0 Å². The molecule has 3 heteroatoms. The van der Waals surface area contributed by atoms with E-state index in [-0.39, 0.29) is 0 Å². The minimum Gasteiger partial charge on any atom is -0.397 e. The monoisotopic (exact) mass is 236 g/mol. The van der Waals surface area contributed by atoms with Crippen molar-refractivity contribution in [3.8, 4) is 0 Å². The van der Waals surface area contributed by atoms with Gasteiger partial charge in [0.15, 0.2) is 0 Å². The maximum Gasteiger partial charge on any atom is 0.0603 e. The van der Waals surface area contributed by atoms with Crippen molar-refractivity contribution in [3.63, 3.8) is 0 Å². The highest BCUT2D eigenvalue weighted by Crippen LogP contribution is 2.27. The van der Waals surface area contributed by atoms with Crippen LogP contribution in [-0.4, -0.2) is 17.5 Å². The molecule has 88 valence electrons. The van der Waals surface area contributed by atoms with Crippen LogP contribution in [0.25, 0.3) is 0 Å². The number of anilines is 2. The summed E-state index contributed by atoms with van der Waals surface area (Å²) in [6.07, 6.45) is 4.10. The standard InChI is InChI=1S/C13H20N2S/c1-10-5-4-7-12(14)13(10)15-9-11-6-2-3-8-16-11/h4-5,7,11,15H,2-3,6,8-9,14H2,1H3. The second-order valence-corrected chi connectivity index (χ2v) is 5.82. The SMILES string of the molecule is Cc1cccc(N)c1NCC1CCCCS1. The number of aryl methyl sites for hydroxylation is 1. The molecule has 3 N–H and O–H groups in total. The van der Waals surface area contributed by atoms with E-state index in [0.717, 1.165) is 23.2 Å². The molecule has 1 saturated heterocycles. The van der Waals surface area contributed by atoms with Gasteiger partial charge in [0.25, 0.3) is 0 Å². The molecule has 1 aliphatic heterocycles. The first-order valence-electron chi connectivity index (χ1n) is 5.98. The Morgan fingerprint density at radius 2 is 2.31 bits per heavy atom. The Balaban J connectivity index is 1.93.